The molecule has 3 heterocycles. The molecular formula is C29H27F2N3O2. The molecule has 2 aliphatic heterocycles. The van der Waals surface area contributed by atoms with Gasteiger partial charge in [-0.2, -0.15) is 0 Å². The third-order valence-electron chi connectivity index (χ3n) is 7.17. The molecule has 1 saturated heterocycles. The van der Waals surface area contributed by atoms with Crippen LogP contribution in [0.1, 0.15) is 41.5 Å². The Hall–Kier alpha value is -3.71. The van der Waals surface area contributed by atoms with Crippen molar-refractivity contribution in [3.05, 3.63) is 99.0 Å². The van der Waals surface area contributed by atoms with Crippen molar-refractivity contribution in [3.63, 3.8) is 0 Å². The summed E-state index contributed by atoms with van der Waals surface area (Å²) in [6.45, 7) is 3.84. The van der Waals surface area contributed by atoms with Gasteiger partial charge in [-0.15, -0.1) is 0 Å². The maximum Gasteiger partial charge on any atom is 0.326 e. The molecule has 3 aromatic carbocycles. The largest absolute Gasteiger partial charge is 0.488 e. The molecule has 1 fully saturated rings. The average molecular weight is 488 g/mol. The zero-order valence-corrected chi connectivity index (χ0v) is 19.9. The van der Waals surface area contributed by atoms with Crippen LogP contribution in [0.25, 0.3) is 22.7 Å². The number of halogens is 2. The highest BCUT2D eigenvalue weighted by Gasteiger charge is 2.21. The number of rotatable bonds is 4. The molecule has 5 nitrogen and oxygen atoms in total. The fourth-order valence-corrected chi connectivity index (χ4v) is 5.32. The molecule has 0 saturated carbocycles. The summed E-state index contributed by atoms with van der Waals surface area (Å²) in [6, 6.07) is 14.9. The van der Waals surface area contributed by atoms with Crippen LogP contribution in [0.3, 0.4) is 0 Å². The molecule has 1 aromatic heterocycles. The van der Waals surface area contributed by atoms with E-state index < -0.39 is 5.82 Å². The predicted molar refractivity (Wildman–Crippen MR) is 137 cm³/mol. The fourth-order valence-electron chi connectivity index (χ4n) is 5.32. The number of benzene rings is 3. The number of H-pyrrole nitrogens is 1. The van der Waals surface area contributed by atoms with Crippen molar-refractivity contribution in [1.82, 2.24) is 14.5 Å². The third-order valence-corrected chi connectivity index (χ3v) is 7.17. The van der Waals surface area contributed by atoms with Gasteiger partial charge in [0.05, 0.1) is 11.0 Å². The van der Waals surface area contributed by atoms with E-state index >= 15 is 0 Å². The summed E-state index contributed by atoms with van der Waals surface area (Å²) in [5.41, 5.74) is 5.44. The second-order valence-corrected chi connectivity index (χ2v) is 9.55. The molecule has 7 heteroatoms. The summed E-state index contributed by atoms with van der Waals surface area (Å²) in [5, 5.41) is 0. The molecule has 0 unspecified atom stereocenters. The van der Waals surface area contributed by atoms with Crippen molar-refractivity contribution in [2.24, 2.45) is 0 Å². The third kappa shape index (κ3) is 4.35. The van der Waals surface area contributed by atoms with E-state index in [2.05, 4.69) is 9.88 Å². The van der Waals surface area contributed by atoms with Crippen LogP contribution < -0.4 is 10.4 Å². The highest BCUT2D eigenvalue weighted by atomic mass is 19.1. The lowest BCUT2D eigenvalue weighted by atomic mass is 9.92. The second kappa shape index (κ2) is 9.39. The Labute approximate surface area is 207 Å². The summed E-state index contributed by atoms with van der Waals surface area (Å²) < 4.78 is 35.6. The maximum absolute atomic E-state index is 14.0. The number of hydrogen-bond donors (Lipinski definition) is 1. The highest BCUT2D eigenvalue weighted by molar-refractivity contribution is 5.95. The Morgan fingerprint density at radius 3 is 2.50 bits per heavy atom. The van der Waals surface area contributed by atoms with E-state index in [-0.39, 0.29) is 18.1 Å². The van der Waals surface area contributed by atoms with Gasteiger partial charge < -0.3 is 14.6 Å². The molecule has 6 rings (SSSR count). The quantitative estimate of drug-likeness (QED) is 0.409. The second-order valence-electron chi connectivity index (χ2n) is 9.55. The van der Waals surface area contributed by atoms with Crippen molar-refractivity contribution in [3.8, 4) is 5.75 Å². The SMILES string of the molecule is O=c1[nH]c2cc(/C=C3\c4ccc(F)cc4COc4cc(F)ccc43)ccc2n1CCN1CCCCC1. The van der Waals surface area contributed by atoms with Gasteiger partial charge in [0.2, 0.25) is 0 Å². The average Bonchev–Trinajstić information content (AvgIpc) is 3.11. The number of fused-ring (bicyclic) bond motifs is 3. The number of nitrogens with one attached hydrogen (secondary N) is 1. The Morgan fingerprint density at radius 1 is 0.889 bits per heavy atom. The van der Waals surface area contributed by atoms with Crippen molar-refractivity contribution < 1.29 is 13.5 Å². The number of ether oxygens (including phenoxy) is 1. The van der Waals surface area contributed by atoms with Crippen LogP contribution in [-0.2, 0) is 13.2 Å². The van der Waals surface area contributed by atoms with Gasteiger partial charge in [0.15, 0.2) is 0 Å². The molecule has 184 valence electrons. The van der Waals surface area contributed by atoms with Crippen LogP contribution >= 0.6 is 0 Å². The summed E-state index contributed by atoms with van der Waals surface area (Å²) in [7, 11) is 0. The minimum Gasteiger partial charge on any atom is -0.488 e. The Kier molecular flexibility index (Phi) is 5.93. The Bertz CT molecular complexity index is 1470. The lowest BCUT2D eigenvalue weighted by molar-refractivity contribution is 0.221. The molecule has 0 bridgehead atoms. The highest BCUT2D eigenvalue weighted by Crippen LogP contribution is 2.38. The predicted octanol–water partition coefficient (Wildman–Crippen LogP) is 5.58. The molecule has 0 amide bonds. The number of imidazole rings is 1. The van der Waals surface area contributed by atoms with Crippen LogP contribution in [0.4, 0.5) is 8.78 Å². The Morgan fingerprint density at radius 2 is 1.67 bits per heavy atom. The van der Waals surface area contributed by atoms with E-state index in [9.17, 15) is 13.6 Å². The van der Waals surface area contributed by atoms with Gasteiger partial charge in [0, 0.05) is 30.3 Å². The smallest absolute Gasteiger partial charge is 0.326 e. The number of likely N-dealkylation sites (tertiary alicyclic amines) is 1. The van der Waals surface area contributed by atoms with E-state index in [0.717, 1.165) is 52.9 Å². The van der Waals surface area contributed by atoms with Crippen molar-refractivity contribution in [1.29, 1.82) is 0 Å². The molecule has 0 spiro atoms. The van der Waals surface area contributed by atoms with Crippen molar-refractivity contribution in [2.45, 2.75) is 32.4 Å². The first kappa shape index (κ1) is 22.7. The number of piperidine rings is 1. The lowest BCUT2D eigenvalue weighted by Gasteiger charge is -2.26. The van der Waals surface area contributed by atoms with Gasteiger partial charge >= 0.3 is 5.69 Å². The normalized spacial score (nSPS) is 17.0. The number of hydrogen-bond acceptors (Lipinski definition) is 3. The first-order chi connectivity index (χ1) is 17.5. The lowest BCUT2D eigenvalue weighted by Crippen LogP contribution is -2.34. The molecule has 0 aliphatic carbocycles. The molecule has 0 atom stereocenters. The first-order valence-corrected chi connectivity index (χ1v) is 12.4. The molecule has 2 aliphatic rings. The molecule has 36 heavy (non-hydrogen) atoms. The Balaban J connectivity index is 1.39. The van der Waals surface area contributed by atoms with E-state index in [1.807, 2.05) is 24.3 Å². The fraction of sp³-hybridized carbons (Fsp3) is 0.276. The van der Waals surface area contributed by atoms with Gasteiger partial charge in [-0.05, 0) is 85.1 Å². The van der Waals surface area contributed by atoms with Gasteiger partial charge in [-0.3, -0.25) is 4.57 Å². The van der Waals surface area contributed by atoms with Crippen molar-refractivity contribution >= 4 is 22.7 Å². The van der Waals surface area contributed by atoms with Crippen LogP contribution in [0.5, 0.6) is 5.75 Å². The minimum atomic E-state index is -0.393. The van der Waals surface area contributed by atoms with Crippen LogP contribution in [0.2, 0.25) is 0 Å². The summed E-state index contributed by atoms with van der Waals surface area (Å²) in [4.78, 5) is 18.1. The summed E-state index contributed by atoms with van der Waals surface area (Å²) >= 11 is 0. The first-order valence-electron chi connectivity index (χ1n) is 12.4. The molecule has 0 radical (unpaired) electrons. The minimum absolute atomic E-state index is 0.115. The zero-order valence-electron chi connectivity index (χ0n) is 19.9. The molecular weight excluding hydrogens is 460 g/mol. The van der Waals surface area contributed by atoms with Gasteiger partial charge in [0.25, 0.3) is 0 Å². The standard InChI is InChI=1S/C29H27F2N3O2/c30-21-5-7-23-20(16-21)18-36-28-17-22(31)6-8-24(28)25(23)14-19-4-9-27-26(15-19)32-29(35)34(27)13-12-33-10-2-1-3-11-33/h4-9,14-17H,1-3,10-13,18H2,(H,32,35)/b25-14+. The zero-order chi connectivity index (χ0) is 24.6. The van der Waals surface area contributed by atoms with E-state index in [0.29, 0.717) is 17.9 Å². The molecule has 1 N–H and O–H groups in total. The maximum atomic E-state index is 14.0. The van der Waals surface area contributed by atoms with E-state index in [1.54, 1.807) is 16.7 Å². The number of aromatic amines is 1. The van der Waals surface area contributed by atoms with Crippen LogP contribution in [-0.4, -0.2) is 34.1 Å². The van der Waals surface area contributed by atoms with Crippen LogP contribution in [0.15, 0.2) is 59.4 Å². The van der Waals surface area contributed by atoms with Gasteiger partial charge in [-0.25, -0.2) is 13.6 Å². The summed E-state index contributed by atoms with van der Waals surface area (Å²) in [5.74, 6) is -0.329. The van der Waals surface area contributed by atoms with Crippen LogP contribution in [0, 0.1) is 11.6 Å². The van der Waals surface area contributed by atoms with E-state index in [4.69, 9.17) is 4.74 Å². The topological polar surface area (TPSA) is 50.3 Å². The number of nitrogens with zero attached hydrogens (tertiary/aromatic N) is 2. The molecule has 4 aromatic rings. The van der Waals surface area contributed by atoms with Crippen molar-refractivity contribution in [2.75, 3.05) is 19.6 Å². The number of aromatic nitrogens is 2. The van der Waals surface area contributed by atoms with Gasteiger partial charge in [0.1, 0.15) is 24.0 Å². The van der Waals surface area contributed by atoms with Gasteiger partial charge in [-0.1, -0.05) is 18.6 Å². The van der Waals surface area contributed by atoms with E-state index in [1.165, 1.54) is 43.5 Å². The summed E-state index contributed by atoms with van der Waals surface area (Å²) in [6.07, 6.45) is 5.70. The monoisotopic (exact) mass is 487 g/mol.